The fourth-order valence-corrected chi connectivity index (χ4v) is 1.51. The topological polar surface area (TPSA) is 21.7 Å². The third-order valence-corrected chi connectivity index (χ3v) is 2.18. The van der Waals surface area contributed by atoms with Gasteiger partial charge in [0.05, 0.1) is 25.4 Å². The molecule has 1 aliphatic heterocycles. The molecule has 1 heterocycles. The first-order valence-corrected chi connectivity index (χ1v) is 5.14. The molecule has 0 saturated carbocycles. The Morgan fingerprint density at radius 1 is 1.54 bits per heavy atom. The molecule has 0 radical (unpaired) electrons. The summed E-state index contributed by atoms with van der Waals surface area (Å²) in [5.41, 5.74) is 0. The molecule has 0 bridgehead atoms. The van der Waals surface area contributed by atoms with Crippen LogP contribution in [-0.2, 0) is 9.47 Å². The van der Waals surface area contributed by atoms with Gasteiger partial charge in [-0.2, -0.15) is 0 Å². The normalized spacial score (nSPS) is 25.4. The lowest BCUT2D eigenvalue weighted by Crippen LogP contribution is -2.42. The van der Waals surface area contributed by atoms with Crippen molar-refractivity contribution in [3.05, 3.63) is 0 Å². The minimum absolute atomic E-state index is 0.346. The molecular weight excluding hydrogens is 166 g/mol. The zero-order valence-corrected chi connectivity index (χ0v) is 8.95. The second-order valence-corrected chi connectivity index (χ2v) is 3.90. The summed E-state index contributed by atoms with van der Waals surface area (Å²) in [5, 5.41) is 0. The van der Waals surface area contributed by atoms with Crippen LogP contribution in [0.15, 0.2) is 0 Å². The van der Waals surface area contributed by atoms with Crippen molar-refractivity contribution >= 4 is 0 Å². The van der Waals surface area contributed by atoms with Gasteiger partial charge in [-0.15, -0.1) is 0 Å². The molecule has 1 aliphatic rings. The van der Waals surface area contributed by atoms with Crippen molar-refractivity contribution in [1.82, 2.24) is 4.90 Å². The summed E-state index contributed by atoms with van der Waals surface area (Å²) in [5.74, 6) is 0. The van der Waals surface area contributed by atoms with Crippen molar-refractivity contribution in [3.8, 4) is 0 Å². The lowest BCUT2D eigenvalue weighted by molar-refractivity contribution is -0.0312. The van der Waals surface area contributed by atoms with Gasteiger partial charge < -0.3 is 9.47 Å². The second kappa shape index (κ2) is 5.58. The van der Waals surface area contributed by atoms with Gasteiger partial charge in [-0.1, -0.05) is 0 Å². The van der Waals surface area contributed by atoms with E-state index < -0.39 is 0 Å². The second-order valence-electron chi connectivity index (χ2n) is 3.90. The molecule has 1 rings (SSSR count). The van der Waals surface area contributed by atoms with Crippen LogP contribution in [0.1, 0.15) is 20.8 Å². The van der Waals surface area contributed by atoms with Crippen LogP contribution in [-0.4, -0.2) is 50.0 Å². The van der Waals surface area contributed by atoms with E-state index >= 15 is 0 Å². The van der Waals surface area contributed by atoms with E-state index in [2.05, 4.69) is 25.7 Å². The van der Waals surface area contributed by atoms with Crippen molar-refractivity contribution in [2.45, 2.75) is 33.0 Å². The van der Waals surface area contributed by atoms with Crippen LogP contribution in [0.5, 0.6) is 0 Å². The number of rotatable bonds is 4. The molecule has 0 aromatic rings. The van der Waals surface area contributed by atoms with E-state index in [1.807, 2.05) is 0 Å². The van der Waals surface area contributed by atoms with Crippen LogP contribution in [0.3, 0.4) is 0 Å². The number of nitrogens with zero attached hydrogens (tertiary/aromatic N) is 1. The molecule has 3 nitrogen and oxygen atoms in total. The first-order valence-electron chi connectivity index (χ1n) is 5.14. The maximum absolute atomic E-state index is 5.50. The Morgan fingerprint density at radius 3 is 2.92 bits per heavy atom. The number of hydrogen-bond donors (Lipinski definition) is 0. The Bertz CT molecular complexity index is 139. The molecule has 0 aromatic carbocycles. The van der Waals surface area contributed by atoms with E-state index in [1.165, 1.54) is 0 Å². The van der Waals surface area contributed by atoms with Gasteiger partial charge in [0.2, 0.25) is 0 Å². The molecule has 78 valence electrons. The summed E-state index contributed by atoms with van der Waals surface area (Å²) in [6, 6.07) is 0. The zero-order valence-electron chi connectivity index (χ0n) is 8.95. The Morgan fingerprint density at radius 2 is 2.31 bits per heavy atom. The maximum atomic E-state index is 5.50. The number of morpholine rings is 1. The minimum Gasteiger partial charge on any atom is -0.377 e. The average Bonchev–Trinajstić information content (AvgIpc) is 2.03. The summed E-state index contributed by atoms with van der Waals surface area (Å²) >= 11 is 0. The van der Waals surface area contributed by atoms with Gasteiger partial charge in [0, 0.05) is 19.6 Å². The Balaban J connectivity index is 2.06. The van der Waals surface area contributed by atoms with Crippen molar-refractivity contribution in [1.29, 1.82) is 0 Å². The summed E-state index contributed by atoms with van der Waals surface area (Å²) in [6.07, 6.45) is 0.728. The van der Waals surface area contributed by atoms with Crippen LogP contribution in [0.25, 0.3) is 0 Å². The van der Waals surface area contributed by atoms with E-state index in [1.54, 1.807) is 0 Å². The van der Waals surface area contributed by atoms with Gasteiger partial charge in [-0.25, -0.2) is 0 Å². The SMILES string of the molecule is CC(C)OCCN1CCO[C@@H](C)C1. The lowest BCUT2D eigenvalue weighted by atomic mass is 10.3. The van der Waals surface area contributed by atoms with Gasteiger partial charge in [0.1, 0.15) is 0 Å². The van der Waals surface area contributed by atoms with Gasteiger partial charge >= 0.3 is 0 Å². The van der Waals surface area contributed by atoms with E-state index in [9.17, 15) is 0 Å². The average molecular weight is 187 g/mol. The quantitative estimate of drug-likeness (QED) is 0.658. The molecule has 3 heteroatoms. The van der Waals surface area contributed by atoms with Crippen molar-refractivity contribution in [2.24, 2.45) is 0 Å². The molecule has 0 unspecified atom stereocenters. The molecule has 1 atom stereocenters. The summed E-state index contributed by atoms with van der Waals surface area (Å²) in [7, 11) is 0. The monoisotopic (exact) mass is 187 g/mol. The van der Waals surface area contributed by atoms with Gasteiger partial charge in [-0.05, 0) is 20.8 Å². The molecule has 0 amide bonds. The highest BCUT2D eigenvalue weighted by atomic mass is 16.5. The largest absolute Gasteiger partial charge is 0.377 e. The molecule has 1 fully saturated rings. The van der Waals surface area contributed by atoms with Crippen molar-refractivity contribution < 1.29 is 9.47 Å². The predicted octanol–water partition coefficient (Wildman–Crippen LogP) is 1.13. The van der Waals surface area contributed by atoms with Crippen molar-refractivity contribution in [2.75, 3.05) is 32.8 Å². The molecule has 0 N–H and O–H groups in total. The van der Waals surface area contributed by atoms with Gasteiger partial charge in [-0.3, -0.25) is 4.90 Å². The highest BCUT2D eigenvalue weighted by Gasteiger charge is 2.15. The highest BCUT2D eigenvalue weighted by molar-refractivity contribution is 4.67. The fourth-order valence-electron chi connectivity index (χ4n) is 1.51. The Hall–Kier alpha value is -0.120. The van der Waals surface area contributed by atoms with Crippen LogP contribution < -0.4 is 0 Å². The maximum Gasteiger partial charge on any atom is 0.0674 e. The fraction of sp³-hybridized carbons (Fsp3) is 1.00. The number of ether oxygens (including phenoxy) is 2. The Labute approximate surface area is 81.0 Å². The van der Waals surface area contributed by atoms with Crippen LogP contribution in [0.4, 0.5) is 0 Å². The smallest absolute Gasteiger partial charge is 0.0674 e. The van der Waals surface area contributed by atoms with Gasteiger partial charge in [0.25, 0.3) is 0 Å². The third kappa shape index (κ3) is 4.60. The zero-order chi connectivity index (χ0) is 9.68. The van der Waals surface area contributed by atoms with E-state index in [0.717, 1.165) is 32.8 Å². The van der Waals surface area contributed by atoms with E-state index in [4.69, 9.17) is 9.47 Å². The summed E-state index contributed by atoms with van der Waals surface area (Å²) < 4.78 is 11.0. The molecule has 1 saturated heterocycles. The third-order valence-electron chi connectivity index (χ3n) is 2.18. The lowest BCUT2D eigenvalue weighted by Gasteiger charge is -2.31. The summed E-state index contributed by atoms with van der Waals surface area (Å²) in [4.78, 5) is 2.40. The first kappa shape index (κ1) is 11.0. The minimum atomic E-state index is 0.346. The standard InChI is InChI=1S/C10H21NO2/c1-9(2)12-6-4-11-5-7-13-10(3)8-11/h9-10H,4-8H2,1-3H3/t10-/m0/s1. The van der Waals surface area contributed by atoms with Crippen molar-refractivity contribution in [3.63, 3.8) is 0 Å². The highest BCUT2D eigenvalue weighted by Crippen LogP contribution is 2.03. The number of hydrogen-bond acceptors (Lipinski definition) is 3. The molecule has 0 aliphatic carbocycles. The van der Waals surface area contributed by atoms with Gasteiger partial charge in [0.15, 0.2) is 0 Å². The molecular formula is C10H21NO2. The van der Waals surface area contributed by atoms with E-state index in [0.29, 0.717) is 12.2 Å². The predicted molar refractivity (Wildman–Crippen MR) is 52.9 cm³/mol. The van der Waals surface area contributed by atoms with Crippen LogP contribution in [0, 0.1) is 0 Å². The molecule has 0 spiro atoms. The van der Waals surface area contributed by atoms with Crippen LogP contribution in [0.2, 0.25) is 0 Å². The van der Waals surface area contributed by atoms with E-state index in [-0.39, 0.29) is 0 Å². The molecule has 0 aromatic heterocycles. The first-order chi connectivity index (χ1) is 6.18. The molecule has 13 heavy (non-hydrogen) atoms. The Kier molecular flexibility index (Phi) is 4.70. The summed E-state index contributed by atoms with van der Waals surface area (Å²) in [6.45, 7) is 11.1. The van der Waals surface area contributed by atoms with Crippen LogP contribution >= 0.6 is 0 Å².